The van der Waals surface area contributed by atoms with E-state index in [1.165, 1.54) is 0 Å². The molecule has 1 aromatic rings. The number of nitrogens with zero attached hydrogens (tertiary/aromatic N) is 3. The van der Waals surface area contributed by atoms with Crippen LogP contribution in [0.5, 0.6) is 0 Å². The second-order valence-corrected chi connectivity index (χ2v) is 8.93. The van der Waals surface area contributed by atoms with Gasteiger partial charge in [-0.2, -0.15) is 0 Å². The number of nitrogens with one attached hydrogen (secondary N) is 1. The monoisotopic (exact) mass is 452 g/mol. The minimum atomic E-state index is 0.155. The molecule has 1 N–H and O–H groups in total. The first kappa shape index (κ1) is 23.3. The number of carbonyl (C=O) groups is 1. The molecular formula is C22H33ClN4O2S. The van der Waals surface area contributed by atoms with E-state index in [4.69, 9.17) is 28.6 Å². The quantitative estimate of drug-likeness (QED) is 0.668. The van der Waals surface area contributed by atoms with Crippen molar-refractivity contribution < 1.29 is 9.53 Å². The van der Waals surface area contributed by atoms with E-state index in [0.717, 1.165) is 93.1 Å². The molecule has 30 heavy (non-hydrogen) atoms. The molecule has 6 nitrogen and oxygen atoms in total. The van der Waals surface area contributed by atoms with E-state index >= 15 is 0 Å². The number of piperidine rings is 1. The van der Waals surface area contributed by atoms with Gasteiger partial charge in [0.15, 0.2) is 5.11 Å². The van der Waals surface area contributed by atoms with Gasteiger partial charge in [0, 0.05) is 62.9 Å². The Morgan fingerprint density at radius 2 is 1.97 bits per heavy atom. The number of hydrogen-bond acceptors (Lipinski definition) is 4. The van der Waals surface area contributed by atoms with Crippen molar-refractivity contribution in [3.05, 3.63) is 28.8 Å². The van der Waals surface area contributed by atoms with E-state index in [-0.39, 0.29) is 5.91 Å². The largest absolute Gasteiger partial charge is 0.379 e. The molecule has 2 aliphatic rings. The number of anilines is 1. The first-order valence-electron chi connectivity index (χ1n) is 10.8. The third-order valence-corrected chi connectivity index (χ3v) is 6.76. The number of carbonyl (C=O) groups excluding carboxylic acids is 1. The first-order valence-corrected chi connectivity index (χ1v) is 11.6. The Balaban J connectivity index is 1.62. The highest BCUT2D eigenvalue weighted by Crippen LogP contribution is 2.22. The molecule has 2 fully saturated rings. The van der Waals surface area contributed by atoms with Crippen LogP contribution in [-0.2, 0) is 9.53 Å². The third-order valence-electron chi connectivity index (χ3n) is 6.01. The zero-order chi connectivity index (χ0) is 21.5. The Labute approximate surface area is 190 Å². The summed E-state index contributed by atoms with van der Waals surface area (Å²) in [5.74, 6) is 0.155. The number of morpholine rings is 1. The number of hydrogen-bond donors (Lipinski definition) is 1. The number of halogens is 1. The molecule has 2 heterocycles. The van der Waals surface area contributed by atoms with Gasteiger partial charge in [0.05, 0.1) is 13.2 Å². The highest BCUT2D eigenvalue weighted by Gasteiger charge is 2.27. The van der Waals surface area contributed by atoms with Crippen molar-refractivity contribution >= 4 is 40.5 Å². The van der Waals surface area contributed by atoms with Gasteiger partial charge >= 0.3 is 0 Å². The van der Waals surface area contributed by atoms with Gasteiger partial charge in [0.2, 0.25) is 5.91 Å². The lowest BCUT2D eigenvalue weighted by atomic mass is 10.0. The van der Waals surface area contributed by atoms with Gasteiger partial charge < -0.3 is 19.9 Å². The van der Waals surface area contributed by atoms with Crippen molar-refractivity contribution in [2.45, 2.75) is 39.2 Å². The van der Waals surface area contributed by atoms with Crippen LogP contribution in [0.25, 0.3) is 0 Å². The molecule has 8 heteroatoms. The Bertz CT molecular complexity index is 734. The molecule has 2 aliphatic heterocycles. The van der Waals surface area contributed by atoms with E-state index in [1.807, 2.05) is 30.0 Å². The summed E-state index contributed by atoms with van der Waals surface area (Å²) in [6, 6.07) is 6.28. The standard InChI is InChI=1S/C22H33ClN4O2S/c1-17-4-5-19(16-21(17)23)24-22(30)27(9-3-8-25-12-14-29-15-13-25)20-6-10-26(11-7-20)18(2)28/h4-5,16,20H,3,6-15H2,1-2H3,(H,24,30). The maximum atomic E-state index is 11.7. The molecule has 0 bridgehead atoms. The zero-order valence-corrected chi connectivity index (χ0v) is 19.6. The lowest BCUT2D eigenvalue weighted by Gasteiger charge is -2.40. The number of rotatable bonds is 6. The molecule has 3 rings (SSSR count). The van der Waals surface area contributed by atoms with Crippen molar-refractivity contribution in [1.29, 1.82) is 0 Å². The highest BCUT2D eigenvalue weighted by atomic mass is 35.5. The molecular weight excluding hydrogens is 420 g/mol. The van der Waals surface area contributed by atoms with Gasteiger partial charge in [-0.15, -0.1) is 0 Å². The number of aryl methyl sites for hydroxylation is 1. The smallest absolute Gasteiger partial charge is 0.219 e. The Morgan fingerprint density at radius 3 is 2.60 bits per heavy atom. The average Bonchev–Trinajstić information content (AvgIpc) is 2.74. The molecule has 1 amide bonds. The van der Waals surface area contributed by atoms with Crippen LogP contribution >= 0.6 is 23.8 Å². The van der Waals surface area contributed by atoms with E-state index in [1.54, 1.807) is 6.92 Å². The Kier molecular flexibility index (Phi) is 8.74. The maximum absolute atomic E-state index is 11.7. The molecule has 0 aromatic heterocycles. The van der Waals surface area contributed by atoms with E-state index in [2.05, 4.69) is 15.1 Å². The van der Waals surface area contributed by atoms with Crippen molar-refractivity contribution in [1.82, 2.24) is 14.7 Å². The predicted octanol–water partition coefficient (Wildman–Crippen LogP) is 3.38. The van der Waals surface area contributed by atoms with Gasteiger partial charge in [0.25, 0.3) is 0 Å². The van der Waals surface area contributed by atoms with Gasteiger partial charge in [-0.25, -0.2) is 0 Å². The topological polar surface area (TPSA) is 48.1 Å². The van der Waals surface area contributed by atoms with Gasteiger partial charge in [0.1, 0.15) is 0 Å². The Morgan fingerprint density at radius 1 is 1.27 bits per heavy atom. The third kappa shape index (κ3) is 6.54. The van der Waals surface area contributed by atoms with Crippen LogP contribution in [0.15, 0.2) is 18.2 Å². The molecule has 2 saturated heterocycles. The number of amides is 1. The fourth-order valence-corrected chi connectivity index (χ4v) is 4.64. The average molecular weight is 453 g/mol. The molecule has 0 radical (unpaired) electrons. The molecule has 0 atom stereocenters. The highest BCUT2D eigenvalue weighted by molar-refractivity contribution is 7.80. The number of ether oxygens (including phenoxy) is 1. The van der Waals surface area contributed by atoms with Gasteiger partial charge in [-0.05, 0) is 56.1 Å². The van der Waals surface area contributed by atoms with Crippen LogP contribution in [-0.4, -0.2) is 84.2 Å². The summed E-state index contributed by atoms with van der Waals surface area (Å²) in [5.41, 5.74) is 1.96. The maximum Gasteiger partial charge on any atom is 0.219 e. The summed E-state index contributed by atoms with van der Waals surface area (Å²) >= 11 is 12.1. The van der Waals surface area contributed by atoms with Crippen LogP contribution in [0.4, 0.5) is 5.69 Å². The minimum absolute atomic E-state index is 0.155. The summed E-state index contributed by atoms with van der Waals surface area (Å²) in [6.07, 6.45) is 2.92. The van der Waals surface area contributed by atoms with Crippen molar-refractivity contribution in [3.63, 3.8) is 0 Å². The van der Waals surface area contributed by atoms with E-state index in [9.17, 15) is 4.79 Å². The van der Waals surface area contributed by atoms with Crippen LogP contribution in [0.3, 0.4) is 0 Å². The number of likely N-dealkylation sites (tertiary alicyclic amines) is 1. The molecule has 166 valence electrons. The fourth-order valence-electron chi connectivity index (χ4n) is 4.10. The fraction of sp³-hybridized carbons (Fsp3) is 0.636. The lowest BCUT2D eigenvalue weighted by Crippen LogP contribution is -2.50. The Hall–Kier alpha value is -1.41. The van der Waals surface area contributed by atoms with Crippen molar-refractivity contribution in [2.75, 3.05) is 57.8 Å². The van der Waals surface area contributed by atoms with Crippen molar-refractivity contribution in [2.24, 2.45) is 0 Å². The van der Waals surface area contributed by atoms with Gasteiger partial charge in [-0.3, -0.25) is 9.69 Å². The van der Waals surface area contributed by atoms with Crippen LogP contribution in [0, 0.1) is 6.92 Å². The molecule has 1 aromatic carbocycles. The number of thiocarbonyl (C=S) groups is 1. The normalized spacial score (nSPS) is 18.3. The molecule has 0 unspecified atom stereocenters. The van der Waals surface area contributed by atoms with Crippen LogP contribution < -0.4 is 5.32 Å². The van der Waals surface area contributed by atoms with Gasteiger partial charge in [-0.1, -0.05) is 17.7 Å². The summed E-state index contributed by atoms with van der Waals surface area (Å²) in [4.78, 5) is 18.4. The molecule has 0 spiro atoms. The minimum Gasteiger partial charge on any atom is -0.379 e. The second-order valence-electron chi connectivity index (χ2n) is 8.13. The lowest BCUT2D eigenvalue weighted by molar-refractivity contribution is -0.130. The summed E-state index contributed by atoms with van der Waals surface area (Å²) in [7, 11) is 0. The number of benzene rings is 1. The SMILES string of the molecule is CC(=O)N1CCC(N(CCCN2CCOCC2)C(=S)Nc2ccc(C)c(Cl)c2)CC1. The zero-order valence-electron chi connectivity index (χ0n) is 18.0. The summed E-state index contributed by atoms with van der Waals surface area (Å²) < 4.78 is 5.45. The summed E-state index contributed by atoms with van der Waals surface area (Å²) in [6.45, 7) is 10.8. The van der Waals surface area contributed by atoms with E-state index in [0.29, 0.717) is 6.04 Å². The van der Waals surface area contributed by atoms with Crippen molar-refractivity contribution in [3.8, 4) is 0 Å². The van der Waals surface area contributed by atoms with E-state index < -0.39 is 0 Å². The second kappa shape index (κ2) is 11.3. The van der Waals surface area contributed by atoms with Crippen LogP contribution in [0.1, 0.15) is 31.7 Å². The van der Waals surface area contributed by atoms with Crippen LogP contribution in [0.2, 0.25) is 5.02 Å². The summed E-state index contributed by atoms with van der Waals surface area (Å²) in [5, 5.41) is 4.86. The first-order chi connectivity index (χ1) is 14.4. The predicted molar refractivity (Wildman–Crippen MR) is 126 cm³/mol. The molecule has 0 aliphatic carbocycles. The molecule has 0 saturated carbocycles.